The largest absolute Gasteiger partial charge is 0.361 e. The van der Waals surface area contributed by atoms with Crippen molar-refractivity contribution in [3.63, 3.8) is 0 Å². The third-order valence-electron chi connectivity index (χ3n) is 3.72. The molecule has 0 aliphatic carbocycles. The van der Waals surface area contributed by atoms with Crippen LogP contribution in [0.4, 0.5) is 10.2 Å². The first-order valence-electron chi connectivity index (χ1n) is 7.18. The number of halogens is 1. The van der Waals surface area contributed by atoms with Crippen LogP contribution in [0.25, 0.3) is 38.3 Å². The highest BCUT2D eigenvalue weighted by Crippen LogP contribution is 2.37. The lowest BCUT2D eigenvalue weighted by Crippen LogP contribution is -1.86. The predicted molar refractivity (Wildman–Crippen MR) is 88.8 cm³/mol. The molecule has 0 radical (unpaired) electrons. The van der Waals surface area contributed by atoms with Crippen LogP contribution in [0.1, 0.15) is 0 Å². The lowest BCUT2D eigenvalue weighted by atomic mass is 10.0. The van der Waals surface area contributed by atoms with Crippen LogP contribution in [0.5, 0.6) is 0 Å². The molecule has 5 nitrogen and oxygen atoms in total. The van der Waals surface area contributed by atoms with Crippen molar-refractivity contribution >= 4 is 16.9 Å². The first kappa shape index (κ1) is 14.0. The van der Waals surface area contributed by atoms with E-state index >= 15 is 0 Å². The normalized spacial score (nSPS) is 10.7. The molecule has 0 aliphatic rings. The molecule has 0 saturated heterocycles. The smallest absolute Gasteiger partial charge is 0.270 e. The number of fused-ring (bicyclic) bond motifs is 1. The fraction of sp³-hybridized carbons (Fsp3) is 0. The van der Waals surface area contributed by atoms with E-state index < -0.39 is 0 Å². The minimum absolute atomic E-state index is 0.298. The first-order valence-corrected chi connectivity index (χ1v) is 7.18. The number of aromatic amines is 1. The SMILES string of the molecule is [C-]#[N+]c1ccc2[nH]c(-c3ccc(F)cc3)c(-c3cncnc3)c2n1. The van der Waals surface area contributed by atoms with Gasteiger partial charge in [-0.3, -0.25) is 0 Å². The predicted octanol–water partition coefficient (Wildman–Crippen LogP) is 4.38. The molecular weight excluding hydrogens is 305 g/mol. The maximum absolute atomic E-state index is 13.3. The molecule has 0 saturated carbocycles. The van der Waals surface area contributed by atoms with Gasteiger partial charge in [0.25, 0.3) is 5.82 Å². The highest BCUT2D eigenvalue weighted by molar-refractivity contribution is 6.01. The van der Waals surface area contributed by atoms with Crippen LogP contribution in [0, 0.1) is 12.4 Å². The molecule has 6 heteroatoms. The molecule has 24 heavy (non-hydrogen) atoms. The second-order valence-electron chi connectivity index (χ2n) is 5.19. The van der Waals surface area contributed by atoms with Crippen molar-refractivity contribution in [2.75, 3.05) is 0 Å². The molecule has 0 bridgehead atoms. The zero-order chi connectivity index (χ0) is 16.5. The number of nitrogens with zero attached hydrogens (tertiary/aromatic N) is 4. The summed E-state index contributed by atoms with van der Waals surface area (Å²) in [4.78, 5) is 19.2. The number of aromatic nitrogens is 4. The number of pyridine rings is 1. The molecule has 4 aromatic rings. The van der Waals surface area contributed by atoms with Gasteiger partial charge in [0.2, 0.25) is 0 Å². The third-order valence-corrected chi connectivity index (χ3v) is 3.72. The molecular formula is C18H10FN5. The molecule has 0 unspecified atom stereocenters. The lowest BCUT2D eigenvalue weighted by molar-refractivity contribution is 0.628. The van der Waals surface area contributed by atoms with Gasteiger partial charge in [-0.2, -0.15) is 0 Å². The molecule has 0 amide bonds. The molecule has 3 heterocycles. The monoisotopic (exact) mass is 315 g/mol. The molecule has 114 valence electrons. The van der Waals surface area contributed by atoms with E-state index in [-0.39, 0.29) is 5.82 Å². The Kier molecular flexibility index (Phi) is 3.25. The molecule has 1 aromatic carbocycles. The van der Waals surface area contributed by atoms with Gasteiger partial charge in [0.15, 0.2) is 5.52 Å². The van der Waals surface area contributed by atoms with Gasteiger partial charge < -0.3 is 9.83 Å². The quantitative estimate of drug-likeness (QED) is 0.559. The Labute approximate surface area is 136 Å². The molecule has 0 atom stereocenters. The summed E-state index contributed by atoms with van der Waals surface area (Å²) in [6, 6.07) is 9.68. The summed E-state index contributed by atoms with van der Waals surface area (Å²) < 4.78 is 13.3. The third kappa shape index (κ3) is 2.29. The number of benzene rings is 1. The molecule has 1 N–H and O–H groups in total. The van der Waals surface area contributed by atoms with Crippen LogP contribution in [0.3, 0.4) is 0 Å². The van der Waals surface area contributed by atoms with Gasteiger partial charge in [0.05, 0.1) is 16.8 Å². The van der Waals surface area contributed by atoms with Crippen LogP contribution in [-0.2, 0) is 0 Å². The second kappa shape index (κ2) is 5.56. The summed E-state index contributed by atoms with van der Waals surface area (Å²) in [5, 5.41) is 0. The summed E-state index contributed by atoms with van der Waals surface area (Å²) in [6.07, 6.45) is 4.83. The van der Waals surface area contributed by atoms with Gasteiger partial charge in [-0.25, -0.2) is 14.4 Å². The van der Waals surface area contributed by atoms with Crippen molar-refractivity contribution in [3.8, 4) is 22.4 Å². The van der Waals surface area contributed by atoms with Gasteiger partial charge in [0.1, 0.15) is 12.1 Å². The molecule has 0 aliphatic heterocycles. The molecule has 0 fully saturated rings. The summed E-state index contributed by atoms with van der Waals surface area (Å²) in [5.41, 5.74) is 4.63. The minimum atomic E-state index is -0.298. The van der Waals surface area contributed by atoms with E-state index in [1.807, 2.05) is 6.07 Å². The van der Waals surface area contributed by atoms with E-state index in [9.17, 15) is 4.39 Å². The van der Waals surface area contributed by atoms with E-state index in [2.05, 4.69) is 24.8 Å². The fourth-order valence-corrected chi connectivity index (χ4v) is 2.66. The van der Waals surface area contributed by atoms with E-state index in [1.54, 1.807) is 30.6 Å². The minimum Gasteiger partial charge on any atom is -0.361 e. The van der Waals surface area contributed by atoms with Crippen LogP contribution in [0.15, 0.2) is 55.1 Å². The van der Waals surface area contributed by atoms with Crippen molar-refractivity contribution in [2.24, 2.45) is 0 Å². The van der Waals surface area contributed by atoms with Crippen molar-refractivity contribution < 1.29 is 4.39 Å². The van der Waals surface area contributed by atoms with Gasteiger partial charge in [0, 0.05) is 18.0 Å². The topological polar surface area (TPSA) is 58.8 Å². The zero-order valence-electron chi connectivity index (χ0n) is 12.4. The van der Waals surface area contributed by atoms with Crippen molar-refractivity contribution in [2.45, 2.75) is 0 Å². The van der Waals surface area contributed by atoms with Gasteiger partial charge in [-0.15, -0.1) is 4.98 Å². The number of hydrogen-bond donors (Lipinski definition) is 1. The van der Waals surface area contributed by atoms with Crippen LogP contribution in [-0.4, -0.2) is 19.9 Å². The first-order chi connectivity index (χ1) is 11.8. The Hall–Kier alpha value is -3.59. The van der Waals surface area contributed by atoms with Gasteiger partial charge >= 0.3 is 0 Å². The Bertz CT molecular complexity index is 1060. The zero-order valence-corrected chi connectivity index (χ0v) is 12.4. The summed E-state index contributed by atoms with van der Waals surface area (Å²) >= 11 is 0. The van der Waals surface area contributed by atoms with Crippen LogP contribution < -0.4 is 0 Å². The summed E-state index contributed by atoms with van der Waals surface area (Å²) in [6.45, 7) is 7.17. The van der Waals surface area contributed by atoms with E-state index in [1.165, 1.54) is 18.5 Å². The Morgan fingerprint density at radius 1 is 0.958 bits per heavy atom. The van der Waals surface area contributed by atoms with E-state index in [0.29, 0.717) is 11.3 Å². The average molecular weight is 315 g/mol. The summed E-state index contributed by atoms with van der Waals surface area (Å²) in [7, 11) is 0. The second-order valence-corrected chi connectivity index (χ2v) is 5.19. The molecule has 0 spiro atoms. The highest BCUT2D eigenvalue weighted by atomic mass is 19.1. The van der Waals surface area contributed by atoms with Gasteiger partial charge in [-0.1, -0.05) is 6.57 Å². The van der Waals surface area contributed by atoms with Crippen LogP contribution >= 0.6 is 0 Å². The number of hydrogen-bond acceptors (Lipinski definition) is 3. The van der Waals surface area contributed by atoms with Crippen molar-refractivity contribution in [1.82, 2.24) is 19.9 Å². The van der Waals surface area contributed by atoms with E-state index in [0.717, 1.165) is 27.9 Å². The highest BCUT2D eigenvalue weighted by Gasteiger charge is 2.19. The van der Waals surface area contributed by atoms with Crippen LogP contribution in [0.2, 0.25) is 0 Å². The lowest BCUT2D eigenvalue weighted by Gasteiger charge is -2.03. The number of H-pyrrole nitrogens is 1. The Morgan fingerprint density at radius 3 is 2.42 bits per heavy atom. The van der Waals surface area contributed by atoms with E-state index in [4.69, 9.17) is 6.57 Å². The van der Waals surface area contributed by atoms with Crippen molar-refractivity contribution in [1.29, 1.82) is 0 Å². The molecule has 3 aromatic heterocycles. The number of nitrogens with one attached hydrogen (secondary N) is 1. The molecule has 4 rings (SSSR count). The average Bonchev–Trinajstić information content (AvgIpc) is 3.01. The fourth-order valence-electron chi connectivity index (χ4n) is 2.66. The van der Waals surface area contributed by atoms with Crippen molar-refractivity contribution in [3.05, 3.63) is 72.4 Å². The maximum Gasteiger partial charge on any atom is 0.270 e. The maximum atomic E-state index is 13.3. The Morgan fingerprint density at radius 2 is 1.71 bits per heavy atom. The Balaban J connectivity index is 2.06. The number of rotatable bonds is 2. The summed E-state index contributed by atoms with van der Waals surface area (Å²) in [5.74, 6) is 0.0122. The standard InChI is InChI=1S/C18H10FN5/c1-20-15-7-6-14-18(24-15)16(12-8-21-10-22-9-12)17(23-14)11-2-4-13(19)5-3-11/h2-10,23H. The van der Waals surface area contributed by atoms with Gasteiger partial charge in [-0.05, 0) is 42.0 Å².